The Bertz CT molecular complexity index is 109. The quantitative estimate of drug-likeness (QED) is 0.410. The Balaban J connectivity index is 3.73. The summed E-state index contributed by atoms with van der Waals surface area (Å²) in [5.74, 6) is -2.07. The van der Waals surface area contributed by atoms with E-state index in [1.165, 1.54) is 6.92 Å². The summed E-state index contributed by atoms with van der Waals surface area (Å²) in [6.07, 6.45) is -1.53. The Morgan fingerprint density at radius 2 is 1.64 bits per heavy atom. The summed E-state index contributed by atoms with van der Waals surface area (Å²) >= 11 is 0. The lowest BCUT2D eigenvalue weighted by molar-refractivity contribution is -0.225. The molecule has 2 atom stereocenters. The van der Waals surface area contributed by atoms with Crippen molar-refractivity contribution in [2.75, 3.05) is 0 Å². The predicted octanol–water partition coefficient (Wildman–Crippen LogP) is -0.791. The van der Waals surface area contributed by atoms with Crippen molar-refractivity contribution in [3.63, 3.8) is 0 Å². The predicted molar refractivity (Wildman–Crippen MR) is 39.8 cm³/mol. The third-order valence-corrected chi connectivity index (χ3v) is 1.60. The van der Waals surface area contributed by atoms with Crippen molar-refractivity contribution < 1.29 is 20.4 Å². The molecule has 0 aromatic rings. The van der Waals surface area contributed by atoms with Crippen molar-refractivity contribution >= 4 is 0 Å². The van der Waals surface area contributed by atoms with Crippen LogP contribution in [0.2, 0.25) is 0 Å². The van der Waals surface area contributed by atoms with E-state index < -0.39 is 18.0 Å². The van der Waals surface area contributed by atoms with Gasteiger partial charge in [-0.15, -0.1) is 0 Å². The fourth-order valence-corrected chi connectivity index (χ4v) is 0.630. The first-order valence-corrected chi connectivity index (χ1v) is 3.67. The number of hydrogen-bond acceptors (Lipinski definition) is 4. The summed E-state index contributed by atoms with van der Waals surface area (Å²) in [6, 6.07) is 0. The molecule has 0 aliphatic rings. The first-order chi connectivity index (χ1) is 4.86. The van der Waals surface area contributed by atoms with Crippen molar-refractivity contribution in [3.8, 4) is 0 Å². The molecule has 0 radical (unpaired) electrons. The van der Waals surface area contributed by atoms with Gasteiger partial charge >= 0.3 is 0 Å². The Labute approximate surface area is 66.1 Å². The van der Waals surface area contributed by atoms with E-state index in [1.807, 2.05) is 0 Å². The smallest absolute Gasteiger partial charge is 0.189 e. The fraction of sp³-hybridized carbons (Fsp3) is 1.00. The topological polar surface area (TPSA) is 80.9 Å². The Hall–Kier alpha value is -0.160. The summed E-state index contributed by atoms with van der Waals surface area (Å²) in [4.78, 5) is 0. The number of aliphatic hydroxyl groups is 4. The van der Waals surface area contributed by atoms with Gasteiger partial charge < -0.3 is 20.4 Å². The molecule has 0 saturated carbocycles. The molecule has 4 heteroatoms. The molecule has 0 aromatic heterocycles. The van der Waals surface area contributed by atoms with E-state index in [1.54, 1.807) is 6.92 Å². The van der Waals surface area contributed by atoms with Gasteiger partial charge in [0.1, 0.15) is 6.10 Å². The summed E-state index contributed by atoms with van der Waals surface area (Å²) in [5, 5.41) is 35.7. The van der Waals surface area contributed by atoms with E-state index in [0.717, 1.165) is 0 Å². The monoisotopic (exact) mass is 164 g/mol. The second kappa shape index (κ2) is 4.01. The number of hydrogen-bond donors (Lipinski definition) is 4. The van der Waals surface area contributed by atoms with Gasteiger partial charge in [0.25, 0.3) is 0 Å². The molecule has 2 unspecified atom stereocenters. The third-order valence-electron chi connectivity index (χ3n) is 1.60. The van der Waals surface area contributed by atoms with E-state index in [0.29, 0.717) is 0 Å². The van der Waals surface area contributed by atoms with Crippen LogP contribution >= 0.6 is 0 Å². The average Bonchev–Trinajstić information content (AvgIpc) is 1.84. The Morgan fingerprint density at radius 1 is 1.18 bits per heavy atom. The Morgan fingerprint density at radius 3 is 1.91 bits per heavy atom. The first kappa shape index (κ1) is 10.8. The summed E-state index contributed by atoms with van der Waals surface area (Å²) in [5.41, 5.74) is 0. The maximum absolute atomic E-state index is 9.04. The summed E-state index contributed by atoms with van der Waals surface area (Å²) in [6.45, 7) is 2.85. The van der Waals surface area contributed by atoms with Gasteiger partial charge in [0.15, 0.2) is 5.79 Å². The number of aliphatic hydroxyl groups excluding tert-OH is 2. The van der Waals surface area contributed by atoms with Gasteiger partial charge in [-0.05, 0) is 20.3 Å². The van der Waals surface area contributed by atoms with Crippen LogP contribution in [0.5, 0.6) is 0 Å². The zero-order valence-corrected chi connectivity index (χ0v) is 6.86. The highest BCUT2D eigenvalue weighted by atomic mass is 16.5. The molecule has 68 valence electrons. The minimum absolute atomic E-state index is 0.0255. The van der Waals surface area contributed by atoms with Crippen molar-refractivity contribution in [1.29, 1.82) is 0 Å². The van der Waals surface area contributed by atoms with Gasteiger partial charge in [-0.3, -0.25) is 0 Å². The maximum Gasteiger partial charge on any atom is 0.189 e. The standard InChI is InChI=1S/C7H16O4/c1-5(8)3-4-7(10,11)6(2)9/h5-6,8-11H,3-4H2,1-2H3. The SMILES string of the molecule is CC(O)CCC(O)(O)C(C)O. The molecule has 0 fully saturated rings. The molecule has 0 spiro atoms. The van der Waals surface area contributed by atoms with Gasteiger partial charge in [-0.2, -0.15) is 0 Å². The second-order valence-electron chi connectivity index (χ2n) is 2.94. The molecule has 0 saturated heterocycles. The lowest BCUT2D eigenvalue weighted by Crippen LogP contribution is -2.40. The molecule has 0 amide bonds. The van der Waals surface area contributed by atoms with Crippen LogP contribution in [0.1, 0.15) is 26.7 Å². The van der Waals surface area contributed by atoms with Crippen LogP contribution in [-0.4, -0.2) is 38.4 Å². The van der Waals surface area contributed by atoms with Gasteiger partial charge in [-0.1, -0.05) is 0 Å². The normalized spacial score (nSPS) is 18.0. The van der Waals surface area contributed by atoms with Crippen LogP contribution in [0, 0.1) is 0 Å². The van der Waals surface area contributed by atoms with E-state index in [-0.39, 0.29) is 12.8 Å². The van der Waals surface area contributed by atoms with E-state index in [9.17, 15) is 0 Å². The van der Waals surface area contributed by atoms with Crippen molar-refractivity contribution in [1.82, 2.24) is 0 Å². The first-order valence-electron chi connectivity index (χ1n) is 3.67. The molecule has 4 nitrogen and oxygen atoms in total. The van der Waals surface area contributed by atoms with Crippen LogP contribution in [0.15, 0.2) is 0 Å². The number of rotatable bonds is 4. The van der Waals surface area contributed by atoms with Crippen molar-refractivity contribution in [3.05, 3.63) is 0 Å². The van der Waals surface area contributed by atoms with Crippen LogP contribution in [0.3, 0.4) is 0 Å². The Kier molecular flexibility index (Phi) is 3.96. The molecule has 4 N–H and O–H groups in total. The van der Waals surface area contributed by atoms with Crippen LogP contribution < -0.4 is 0 Å². The lowest BCUT2D eigenvalue weighted by atomic mass is 10.0. The van der Waals surface area contributed by atoms with E-state index in [4.69, 9.17) is 20.4 Å². The van der Waals surface area contributed by atoms with Crippen molar-refractivity contribution in [2.24, 2.45) is 0 Å². The molecule has 0 aliphatic heterocycles. The second-order valence-corrected chi connectivity index (χ2v) is 2.94. The van der Waals surface area contributed by atoms with E-state index in [2.05, 4.69) is 0 Å². The zero-order chi connectivity index (χ0) is 9.07. The molecule has 0 bridgehead atoms. The highest BCUT2D eigenvalue weighted by Gasteiger charge is 2.29. The van der Waals surface area contributed by atoms with Crippen LogP contribution in [0.4, 0.5) is 0 Å². The molecule has 0 aliphatic carbocycles. The largest absolute Gasteiger partial charge is 0.393 e. The minimum atomic E-state index is -2.07. The minimum Gasteiger partial charge on any atom is -0.393 e. The highest BCUT2D eigenvalue weighted by molar-refractivity contribution is 4.71. The van der Waals surface area contributed by atoms with Gasteiger partial charge in [0.05, 0.1) is 6.10 Å². The van der Waals surface area contributed by atoms with E-state index >= 15 is 0 Å². The van der Waals surface area contributed by atoms with Gasteiger partial charge in [0.2, 0.25) is 0 Å². The van der Waals surface area contributed by atoms with Gasteiger partial charge in [-0.25, -0.2) is 0 Å². The fourth-order valence-electron chi connectivity index (χ4n) is 0.630. The van der Waals surface area contributed by atoms with Gasteiger partial charge in [0, 0.05) is 6.42 Å². The molecular weight excluding hydrogens is 148 g/mol. The molecule has 0 heterocycles. The maximum atomic E-state index is 9.04. The third kappa shape index (κ3) is 4.31. The summed E-state index contributed by atoms with van der Waals surface area (Å²) in [7, 11) is 0. The molecular formula is C7H16O4. The lowest BCUT2D eigenvalue weighted by Gasteiger charge is -2.25. The summed E-state index contributed by atoms with van der Waals surface area (Å²) < 4.78 is 0. The molecule has 0 aromatic carbocycles. The van der Waals surface area contributed by atoms with Crippen LogP contribution in [0.25, 0.3) is 0 Å². The molecule has 11 heavy (non-hydrogen) atoms. The highest BCUT2D eigenvalue weighted by Crippen LogP contribution is 2.14. The zero-order valence-electron chi connectivity index (χ0n) is 6.86. The van der Waals surface area contributed by atoms with Crippen LogP contribution in [-0.2, 0) is 0 Å². The molecule has 0 rings (SSSR count). The van der Waals surface area contributed by atoms with Crippen molar-refractivity contribution in [2.45, 2.75) is 44.7 Å². The average molecular weight is 164 g/mol.